The summed E-state index contributed by atoms with van der Waals surface area (Å²) in [5, 5.41) is 25.5. The van der Waals surface area contributed by atoms with Crippen LogP contribution in [0.1, 0.15) is 0 Å². The molecule has 5 rings (SSSR count). The van der Waals surface area contributed by atoms with E-state index in [0.717, 1.165) is 27.7 Å². The molecule has 0 aliphatic heterocycles. The van der Waals surface area contributed by atoms with Crippen LogP contribution in [0.2, 0.25) is 0 Å². The fourth-order valence-corrected chi connectivity index (χ4v) is 4.45. The molecule has 0 unspecified atom stereocenters. The zero-order valence-corrected chi connectivity index (χ0v) is 18.8. The van der Waals surface area contributed by atoms with Gasteiger partial charge in [0.05, 0.1) is 22.0 Å². The number of fused-ring (bicyclic) bond motifs is 1. The second kappa shape index (κ2) is 9.28. The van der Waals surface area contributed by atoms with E-state index in [1.165, 1.54) is 28.8 Å². The van der Waals surface area contributed by atoms with Crippen LogP contribution >= 0.6 is 11.8 Å². The van der Waals surface area contributed by atoms with E-state index >= 15 is 0 Å². The summed E-state index contributed by atoms with van der Waals surface area (Å²) >= 11 is 1.39. The minimum absolute atomic E-state index is 0.0504. The molecular weight excluding hydrogens is 450 g/mol. The molecule has 0 atom stereocenters. The first-order valence-electron chi connectivity index (χ1n) is 10.4. The molecule has 0 amide bonds. The number of para-hydroxylation sites is 1. The van der Waals surface area contributed by atoms with Crippen LogP contribution in [-0.4, -0.2) is 34.5 Å². The van der Waals surface area contributed by atoms with Crippen LogP contribution in [0.25, 0.3) is 33.5 Å². The number of benzene rings is 2. The van der Waals surface area contributed by atoms with E-state index in [2.05, 4.69) is 21.9 Å². The lowest BCUT2D eigenvalue weighted by molar-refractivity contribution is -0.385. The fraction of sp³-hybridized carbons (Fsp3) is 0.0833. The van der Waals surface area contributed by atoms with Crippen molar-refractivity contribution in [2.45, 2.75) is 17.6 Å². The molecular formula is C24H19N7O2S. The molecule has 34 heavy (non-hydrogen) atoms. The highest BCUT2D eigenvalue weighted by Crippen LogP contribution is 2.33. The molecule has 0 aliphatic carbocycles. The molecule has 5 aromatic rings. The number of nitro groups is 1. The molecule has 0 radical (unpaired) electrons. The Balaban J connectivity index is 1.56. The zero-order chi connectivity index (χ0) is 23.5. The van der Waals surface area contributed by atoms with Crippen molar-refractivity contribution in [1.29, 1.82) is 0 Å². The van der Waals surface area contributed by atoms with Crippen molar-refractivity contribution in [1.82, 2.24) is 29.5 Å². The van der Waals surface area contributed by atoms with Crippen LogP contribution in [0.4, 0.5) is 5.69 Å². The van der Waals surface area contributed by atoms with Crippen molar-refractivity contribution in [3.63, 3.8) is 0 Å². The predicted octanol–water partition coefficient (Wildman–Crippen LogP) is 5.20. The minimum Gasteiger partial charge on any atom is -0.298 e. The van der Waals surface area contributed by atoms with E-state index in [9.17, 15) is 10.1 Å². The molecule has 3 heterocycles. The van der Waals surface area contributed by atoms with Crippen LogP contribution in [0.3, 0.4) is 0 Å². The van der Waals surface area contributed by atoms with Gasteiger partial charge in [-0.1, -0.05) is 66.4 Å². The third kappa shape index (κ3) is 4.18. The third-order valence-corrected chi connectivity index (χ3v) is 6.17. The topological polar surface area (TPSA) is 105 Å². The molecule has 2 aromatic carbocycles. The predicted molar refractivity (Wildman–Crippen MR) is 131 cm³/mol. The Hall–Kier alpha value is -4.31. The van der Waals surface area contributed by atoms with Crippen LogP contribution in [0, 0.1) is 10.1 Å². The first-order chi connectivity index (χ1) is 16.6. The average molecular weight is 470 g/mol. The summed E-state index contributed by atoms with van der Waals surface area (Å²) in [6.45, 7) is 4.39. The maximum absolute atomic E-state index is 10.9. The van der Waals surface area contributed by atoms with Gasteiger partial charge in [-0.2, -0.15) is 5.10 Å². The Bertz CT molecular complexity index is 1490. The fourth-order valence-electron chi connectivity index (χ4n) is 3.65. The van der Waals surface area contributed by atoms with E-state index in [1.54, 1.807) is 6.08 Å². The number of aromatic nitrogens is 6. The highest BCUT2D eigenvalue weighted by molar-refractivity contribution is 7.98. The van der Waals surface area contributed by atoms with Crippen molar-refractivity contribution < 1.29 is 4.92 Å². The van der Waals surface area contributed by atoms with Gasteiger partial charge in [-0.05, 0) is 12.1 Å². The lowest BCUT2D eigenvalue weighted by atomic mass is 10.0. The number of allylic oxidation sites excluding steroid dienone is 1. The molecule has 0 saturated carbocycles. The standard InChI is InChI=1S/C24H19N7O2S/c1-2-12-30-23(27-28-24(30)34-16-29-15-18(14-25-29)31(32)33)20-13-22(17-8-4-3-5-9-17)26-21-11-7-6-10-19(20)21/h2-11,13-15H,1,12,16H2. The van der Waals surface area contributed by atoms with E-state index in [1.807, 2.05) is 65.2 Å². The van der Waals surface area contributed by atoms with Gasteiger partial charge in [0.25, 0.3) is 0 Å². The first-order valence-corrected chi connectivity index (χ1v) is 11.4. The Morgan fingerprint density at radius 2 is 1.88 bits per heavy atom. The Kier molecular flexibility index (Phi) is 5.88. The van der Waals surface area contributed by atoms with Crippen LogP contribution in [0.15, 0.2) is 90.9 Å². The molecule has 10 heteroatoms. The average Bonchev–Trinajstić information content (AvgIpc) is 3.50. The number of thioether (sulfide) groups is 1. The Morgan fingerprint density at radius 1 is 1.09 bits per heavy atom. The number of hydrogen-bond acceptors (Lipinski definition) is 7. The largest absolute Gasteiger partial charge is 0.307 e. The Labute approximate surface area is 198 Å². The van der Waals surface area contributed by atoms with Crippen LogP contribution in [-0.2, 0) is 12.4 Å². The van der Waals surface area contributed by atoms with Crippen molar-refractivity contribution >= 4 is 28.4 Å². The maximum Gasteiger partial charge on any atom is 0.307 e. The second-order valence-electron chi connectivity index (χ2n) is 7.41. The lowest BCUT2D eigenvalue weighted by Crippen LogP contribution is -2.03. The molecule has 168 valence electrons. The third-order valence-electron chi connectivity index (χ3n) is 5.21. The normalized spacial score (nSPS) is 11.1. The van der Waals surface area contributed by atoms with Gasteiger partial charge in [-0.25, -0.2) is 4.98 Å². The maximum atomic E-state index is 10.9. The van der Waals surface area contributed by atoms with Crippen molar-refractivity contribution in [2.75, 3.05) is 0 Å². The highest BCUT2D eigenvalue weighted by atomic mass is 32.2. The molecule has 0 aliphatic rings. The molecule has 0 saturated heterocycles. The monoisotopic (exact) mass is 469 g/mol. The van der Waals surface area contributed by atoms with Crippen LogP contribution < -0.4 is 0 Å². The summed E-state index contributed by atoms with van der Waals surface area (Å²) < 4.78 is 3.48. The van der Waals surface area contributed by atoms with Crippen molar-refractivity contribution in [2.24, 2.45) is 0 Å². The van der Waals surface area contributed by atoms with Gasteiger partial charge < -0.3 is 0 Å². The molecule has 0 N–H and O–H groups in total. The van der Waals surface area contributed by atoms with Gasteiger partial charge in [-0.3, -0.25) is 19.4 Å². The Morgan fingerprint density at radius 3 is 2.65 bits per heavy atom. The smallest absolute Gasteiger partial charge is 0.298 e. The molecule has 9 nitrogen and oxygen atoms in total. The van der Waals surface area contributed by atoms with E-state index < -0.39 is 4.92 Å². The highest BCUT2D eigenvalue weighted by Gasteiger charge is 2.18. The second-order valence-corrected chi connectivity index (χ2v) is 8.32. The summed E-state index contributed by atoms with van der Waals surface area (Å²) in [7, 11) is 0. The summed E-state index contributed by atoms with van der Waals surface area (Å²) in [5.41, 5.74) is 3.59. The summed E-state index contributed by atoms with van der Waals surface area (Å²) in [5.74, 6) is 1.06. The van der Waals surface area contributed by atoms with E-state index in [4.69, 9.17) is 4.98 Å². The number of nitrogens with zero attached hydrogens (tertiary/aromatic N) is 7. The van der Waals surface area contributed by atoms with Crippen LogP contribution in [0.5, 0.6) is 0 Å². The SMILES string of the molecule is C=CCn1c(SCn2cc([N+](=O)[O-])cn2)nnc1-c1cc(-c2ccccc2)nc2ccccc12. The van der Waals surface area contributed by atoms with Gasteiger partial charge in [0.1, 0.15) is 12.4 Å². The quantitative estimate of drug-likeness (QED) is 0.133. The van der Waals surface area contributed by atoms with Crippen molar-refractivity contribution in [3.8, 4) is 22.6 Å². The van der Waals surface area contributed by atoms with Crippen molar-refractivity contribution in [3.05, 3.63) is 95.8 Å². The molecule has 0 fully saturated rings. The molecule has 3 aromatic heterocycles. The lowest BCUT2D eigenvalue weighted by Gasteiger charge is -2.12. The summed E-state index contributed by atoms with van der Waals surface area (Å²) in [6.07, 6.45) is 4.41. The number of hydrogen-bond donors (Lipinski definition) is 0. The zero-order valence-electron chi connectivity index (χ0n) is 18.0. The van der Waals surface area contributed by atoms with E-state index in [0.29, 0.717) is 23.4 Å². The summed E-state index contributed by atoms with van der Waals surface area (Å²) in [4.78, 5) is 15.3. The molecule has 0 bridgehead atoms. The van der Waals surface area contributed by atoms with E-state index in [-0.39, 0.29) is 5.69 Å². The number of pyridine rings is 1. The van der Waals surface area contributed by atoms with Gasteiger partial charge in [0.15, 0.2) is 11.0 Å². The van der Waals surface area contributed by atoms with Gasteiger partial charge in [-0.15, -0.1) is 16.8 Å². The summed E-state index contributed by atoms with van der Waals surface area (Å²) in [6, 6.07) is 20.0. The first kappa shape index (κ1) is 21.5. The number of rotatable bonds is 8. The minimum atomic E-state index is -0.467. The van der Waals surface area contributed by atoms with Gasteiger partial charge in [0, 0.05) is 23.1 Å². The van der Waals surface area contributed by atoms with Gasteiger partial charge in [0.2, 0.25) is 0 Å². The van der Waals surface area contributed by atoms with Gasteiger partial charge >= 0.3 is 5.69 Å². The molecule has 0 spiro atoms.